The molecule has 1 aliphatic carbocycles. The van der Waals surface area contributed by atoms with Crippen LogP contribution in [0.25, 0.3) is 0 Å². The van der Waals surface area contributed by atoms with E-state index in [-0.39, 0.29) is 31.8 Å². The summed E-state index contributed by atoms with van der Waals surface area (Å²) in [6.07, 6.45) is 2.87. The van der Waals surface area contributed by atoms with Gasteiger partial charge in [0, 0.05) is 13.1 Å². The summed E-state index contributed by atoms with van der Waals surface area (Å²) in [6.45, 7) is 0.449. The number of rotatable bonds is 2. The molecule has 3 fully saturated rings. The van der Waals surface area contributed by atoms with Crippen molar-refractivity contribution in [3.63, 3.8) is 0 Å². The number of carbonyl (C=O) groups is 2. The molecule has 1 saturated carbocycles. The Balaban J connectivity index is 1.81. The normalized spacial score (nSPS) is 31.6. The average Bonchev–Trinajstić information content (AvgIpc) is 2.89. The maximum atomic E-state index is 14.7. The van der Waals surface area contributed by atoms with Crippen molar-refractivity contribution in [2.75, 3.05) is 13.1 Å². The number of halogens is 2. The molecule has 0 aromatic rings. The minimum Gasteiger partial charge on any atom is -0.383 e. The van der Waals surface area contributed by atoms with E-state index in [9.17, 15) is 23.5 Å². The highest BCUT2D eigenvalue weighted by Crippen LogP contribution is 2.43. The molecule has 2 heterocycles. The molecule has 2 N–H and O–H groups in total. The molecule has 2 aliphatic heterocycles. The summed E-state index contributed by atoms with van der Waals surface area (Å²) in [6, 6.07) is -0.508. The SMILES string of the molecule is O=C1NC[C@@H]2[C@H]1CCCN2C(=O)C(F)(F)C1(O)CCCCC1. The lowest BCUT2D eigenvalue weighted by molar-refractivity contribution is -0.212. The zero-order chi connectivity index (χ0) is 16.0. The molecule has 2 atom stereocenters. The molecule has 124 valence electrons. The molecule has 0 unspecified atom stereocenters. The maximum Gasteiger partial charge on any atom is 0.352 e. The van der Waals surface area contributed by atoms with Gasteiger partial charge < -0.3 is 15.3 Å². The number of nitrogens with one attached hydrogen (secondary N) is 1. The molecule has 5 nitrogen and oxygen atoms in total. The largest absolute Gasteiger partial charge is 0.383 e. The molecule has 2 saturated heterocycles. The highest BCUT2D eigenvalue weighted by molar-refractivity contribution is 5.88. The molecule has 0 aromatic carbocycles. The van der Waals surface area contributed by atoms with Crippen molar-refractivity contribution in [2.24, 2.45) is 5.92 Å². The Morgan fingerprint density at radius 3 is 2.64 bits per heavy atom. The number of piperidine rings is 1. The molecule has 0 radical (unpaired) electrons. The molecule has 22 heavy (non-hydrogen) atoms. The van der Waals surface area contributed by atoms with Crippen LogP contribution in [0.3, 0.4) is 0 Å². The minimum absolute atomic E-state index is 0.0507. The first-order valence-corrected chi connectivity index (χ1v) is 8.06. The van der Waals surface area contributed by atoms with E-state index in [0.29, 0.717) is 25.7 Å². The quantitative estimate of drug-likeness (QED) is 0.800. The van der Waals surface area contributed by atoms with Crippen LogP contribution in [0.5, 0.6) is 0 Å². The third-order valence-electron chi connectivity index (χ3n) is 5.40. The number of nitrogens with zero attached hydrogens (tertiary/aromatic N) is 1. The highest BCUT2D eigenvalue weighted by atomic mass is 19.3. The molecule has 7 heteroatoms. The van der Waals surface area contributed by atoms with E-state index in [2.05, 4.69) is 5.32 Å². The monoisotopic (exact) mass is 316 g/mol. The van der Waals surface area contributed by atoms with Gasteiger partial charge in [-0.05, 0) is 25.7 Å². The van der Waals surface area contributed by atoms with E-state index < -0.39 is 29.4 Å². The summed E-state index contributed by atoms with van der Waals surface area (Å²) in [7, 11) is 0. The van der Waals surface area contributed by atoms with Crippen LogP contribution in [0.1, 0.15) is 44.9 Å². The summed E-state index contributed by atoms with van der Waals surface area (Å²) in [5.74, 6) is -5.67. The van der Waals surface area contributed by atoms with Gasteiger partial charge in [0.2, 0.25) is 5.91 Å². The summed E-state index contributed by atoms with van der Waals surface area (Å²) in [5.41, 5.74) is -2.24. The van der Waals surface area contributed by atoms with Crippen molar-refractivity contribution in [3.8, 4) is 0 Å². The number of aliphatic hydroxyl groups is 1. The fourth-order valence-electron chi connectivity index (χ4n) is 4.03. The second-order valence-corrected chi connectivity index (χ2v) is 6.73. The molecule has 0 spiro atoms. The second kappa shape index (κ2) is 5.44. The van der Waals surface area contributed by atoms with Gasteiger partial charge in [-0.3, -0.25) is 9.59 Å². The number of hydrogen-bond donors (Lipinski definition) is 2. The Labute approximate surface area is 128 Å². The van der Waals surface area contributed by atoms with Gasteiger partial charge in [0.15, 0.2) is 0 Å². The third kappa shape index (κ3) is 2.30. The van der Waals surface area contributed by atoms with Crippen LogP contribution in [0.2, 0.25) is 0 Å². The topological polar surface area (TPSA) is 69.6 Å². The number of carbonyl (C=O) groups excluding carboxylic acids is 2. The number of amides is 2. The van der Waals surface area contributed by atoms with Crippen molar-refractivity contribution in [2.45, 2.75) is 62.5 Å². The van der Waals surface area contributed by atoms with Crippen molar-refractivity contribution < 1.29 is 23.5 Å². The van der Waals surface area contributed by atoms with Gasteiger partial charge in [0.05, 0.1) is 12.0 Å². The number of likely N-dealkylation sites (tertiary alicyclic amines) is 1. The number of alkyl halides is 2. The summed E-state index contributed by atoms with van der Waals surface area (Å²) >= 11 is 0. The zero-order valence-electron chi connectivity index (χ0n) is 12.5. The maximum absolute atomic E-state index is 14.7. The molecular weight excluding hydrogens is 294 g/mol. The lowest BCUT2D eigenvalue weighted by Crippen LogP contribution is -2.62. The molecular formula is C15H22F2N2O3. The van der Waals surface area contributed by atoms with Crippen LogP contribution >= 0.6 is 0 Å². The fraction of sp³-hybridized carbons (Fsp3) is 0.867. The molecule has 2 amide bonds. The van der Waals surface area contributed by atoms with Crippen molar-refractivity contribution in [3.05, 3.63) is 0 Å². The van der Waals surface area contributed by atoms with Crippen LogP contribution in [0.4, 0.5) is 8.78 Å². The lowest BCUT2D eigenvalue weighted by atomic mass is 9.79. The predicted octanol–water partition coefficient (Wildman–Crippen LogP) is 1.05. The Hall–Kier alpha value is -1.24. The van der Waals surface area contributed by atoms with E-state index >= 15 is 0 Å². The van der Waals surface area contributed by atoms with Gasteiger partial charge >= 0.3 is 5.92 Å². The van der Waals surface area contributed by atoms with Gasteiger partial charge in [-0.2, -0.15) is 8.78 Å². The average molecular weight is 316 g/mol. The minimum atomic E-state index is -3.79. The van der Waals surface area contributed by atoms with Crippen molar-refractivity contribution in [1.82, 2.24) is 10.2 Å². The Kier molecular flexibility index (Phi) is 3.87. The first-order chi connectivity index (χ1) is 10.4. The molecule has 3 aliphatic rings. The van der Waals surface area contributed by atoms with Crippen LogP contribution in [0, 0.1) is 5.92 Å². The van der Waals surface area contributed by atoms with E-state index in [0.717, 1.165) is 11.3 Å². The van der Waals surface area contributed by atoms with Crippen LogP contribution in [-0.4, -0.2) is 52.5 Å². The van der Waals surface area contributed by atoms with Gasteiger partial charge in [-0.15, -0.1) is 0 Å². The molecule has 0 aromatic heterocycles. The molecule has 3 rings (SSSR count). The van der Waals surface area contributed by atoms with Gasteiger partial charge in [0.1, 0.15) is 5.60 Å². The van der Waals surface area contributed by atoms with Crippen LogP contribution < -0.4 is 5.32 Å². The van der Waals surface area contributed by atoms with Crippen LogP contribution in [0.15, 0.2) is 0 Å². The Morgan fingerprint density at radius 1 is 1.27 bits per heavy atom. The highest BCUT2D eigenvalue weighted by Gasteiger charge is 2.61. The van der Waals surface area contributed by atoms with E-state index in [1.165, 1.54) is 0 Å². The Bertz CT molecular complexity index is 477. The smallest absolute Gasteiger partial charge is 0.352 e. The summed E-state index contributed by atoms with van der Waals surface area (Å²) in [4.78, 5) is 25.3. The van der Waals surface area contributed by atoms with Gasteiger partial charge in [-0.1, -0.05) is 19.3 Å². The fourth-order valence-corrected chi connectivity index (χ4v) is 4.03. The van der Waals surface area contributed by atoms with Gasteiger partial charge in [-0.25, -0.2) is 0 Å². The lowest BCUT2D eigenvalue weighted by Gasteiger charge is -2.43. The van der Waals surface area contributed by atoms with Crippen LogP contribution in [-0.2, 0) is 9.59 Å². The second-order valence-electron chi connectivity index (χ2n) is 6.73. The van der Waals surface area contributed by atoms with Crippen molar-refractivity contribution >= 4 is 11.8 Å². The molecule has 0 bridgehead atoms. The zero-order valence-corrected chi connectivity index (χ0v) is 12.5. The predicted molar refractivity (Wildman–Crippen MR) is 74.2 cm³/mol. The first kappa shape index (κ1) is 15.6. The number of fused-ring (bicyclic) bond motifs is 1. The standard InChI is InChI=1S/C15H22F2N2O3/c16-15(17,14(22)6-2-1-3-7-14)13(21)19-8-4-5-10-11(19)9-18-12(10)20/h10-11,22H,1-9H2,(H,18,20)/t10-,11-/m1/s1. The number of hydrogen-bond acceptors (Lipinski definition) is 3. The van der Waals surface area contributed by atoms with Crippen molar-refractivity contribution in [1.29, 1.82) is 0 Å². The van der Waals surface area contributed by atoms with E-state index in [1.54, 1.807) is 0 Å². The first-order valence-electron chi connectivity index (χ1n) is 8.06. The van der Waals surface area contributed by atoms with E-state index in [4.69, 9.17) is 0 Å². The third-order valence-corrected chi connectivity index (χ3v) is 5.40. The summed E-state index contributed by atoms with van der Waals surface area (Å²) in [5, 5.41) is 13.0. The Morgan fingerprint density at radius 2 is 1.95 bits per heavy atom. The summed E-state index contributed by atoms with van der Waals surface area (Å²) < 4.78 is 29.4. The van der Waals surface area contributed by atoms with Gasteiger partial charge in [0.25, 0.3) is 5.91 Å². The van der Waals surface area contributed by atoms with E-state index in [1.807, 2.05) is 0 Å².